The Hall–Kier alpha value is -0.980. The third kappa shape index (κ3) is 5.57. The maximum Gasteiger partial charge on any atom is 0.138 e. The second-order valence-corrected chi connectivity index (χ2v) is 6.79. The van der Waals surface area contributed by atoms with Crippen molar-refractivity contribution in [1.82, 2.24) is 0 Å². The first-order chi connectivity index (χ1) is 8.42. The molecule has 0 saturated carbocycles. The monoisotopic (exact) mass is 266 g/mol. The first kappa shape index (κ1) is 15.1. The van der Waals surface area contributed by atoms with Gasteiger partial charge in [-0.05, 0) is 17.7 Å². The van der Waals surface area contributed by atoms with E-state index in [4.69, 9.17) is 5.11 Å². The number of halogens is 1. The zero-order valence-electron chi connectivity index (χ0n) is 11.1. The molecule has 1 nitrogen and oxygen atoms in total. The highest BCUT2D eigenvalue weighted by molar-refractivity contribution is 7.99. The molecule has 0 fully saturated rings. The highest BCUT2D eigenvalue weighted by atomic mass is 32.2. The summed E-state index contributed by atoms with van der Waals surface area (Å²) in [6.07, 6.45) is 0.375. The van der Waals surface area contributed by atoms with Gasteiger partial charge in [0.15, 0.2) is 0 Å². The van der Waals surface area contributed by atoms with Crippen LogP contribution in [0.2, 0.25) is 0 Å². The molecule has 1 N–H and O–H groups in total. The highest BCUT2D eigenvalue weighted by Crippen LogP contribution is 2.27. The summed E-state index contributed by atoms with van der Waals surface area (Å²) in [4.78, 5) is 0. The number of thioether (sulfide) groups is 1. The molecule has 0 unspecified atom stereocenters. The van der Waals surface area contributed by atoms with Gasteiger partial charge in [-0.3, -0.25) is 0 Å². The standard InChI is InChI=1S/C15H19FOS/c1-15(2,3)18-11-12-7-8-14(16)13(10-12)6-4-5-9-17/h7-8,10,17H,5,9,11H2,1-3H3. The maximum absolute atomic E-state index is 13.5. The summed E-state index contributed by atoms with van der Waals surface area (Å²) >= 11 is 1.82. The van der Waals surface area contributed by atoms with Crippen molar-refractivity contribution in [3.8, 4) is 11.8 Å². The SMILES string of the molecule is CC(C)(C)SCc1ccc(F)c(C#CCCO)c1. The first-order valence-electron chi connectivity index (χ1n) is 5.94. The Morgan fingerprint density at radius 2 is 2.06 bits per heavy atom. The number of aliphatic hydroxyl groups is 1. The van der Waals surface area contributed by atoms with Gasteiger partial charge in [-0.1, -0.05) is 38.7 Å². The van der Waals surface area contributed by atoms with Crippen molar-refractivity contribution in [1.29, 1.82) is 0 Å². The van der Waals surface area contributed by atoms with Crippen LogP contribution < -0.4 is 0 Å². The van der Waals surface area contributed by atoms with Gasteiger partial charge in [-0.15, -0.1) is 0 Å². The average molecular weight is 266 g/mol. The van der Waals surface area contributed by atoms with Crippen LogP contribution >= 0.6 is 11.8 Å². The van der Waals surface area contributed by atoms with Gasteiger partial charge in [0.25, 0.3) is 0 Å². The van der Waals surface area contributed by atoms with Gasteiger partial charge in [0.2, 0.25) is 0 Å². The fourth-order valence-corrected chi connectivity index (χ4v) is 2.05. The molecule has 3 heteroatoms. The summed E-state index contributed by atoms with van der Waals surface area (Å²) in [6.45, 7) is 6.48. The van der Waals surface area contributed by atoms with Crippen LogP contribution in [0.1, 0.15) is 38.3 Å². The first-order valence-corrected chi connectivity index (χ1v) is 6.93. The number of rotatable bonds is 3. The minimum Gasteiger partial charge on any atom is -0.395 e. The lowest BCUT2D eigenvalue weighted by Gasteiger charge is -2.17. The molecule has 0 saturated heterocycles. The van der Waals surface area contributed by atoms with E-state index in [0.29, 0.717) is 12.0 Å². The fourth-order valence-electron chi connectivity index (χ4n) is 1.27. The topological polar surface area (TPSA) is 20.2 Å². The van der Waals surface area contributed by atoms with Crippen molar-refractivity contribution >= 4 is 11.8 Å². The fraction of sp³-hybridized carbons (Fsp3) is 0.467. The van der Waals surface area contributed by atoms with Crippen LogP contribution in [-0.2, 0) is 5.75 Å². The molecule has 0 aliphatic carbocycles. The van der Waals surface area contributed by atoms with E-state index in [-0.39, 0.29) is 17.2 Å². The second kappa shape index (κ2) is 6.82. The largest absolute Gasteiger partial charge is 0.395 e. The van der Waals surface area contributed by atoms with Gasteiger partial charge in [-0.2, -0.15) is 11.8 Å². The number of hydrogen-bond donors (Lipinski definition) is 1. The molecule has 0 radical (unpaired) electrons. The molecule has 18 heavy (non-hydrogen) atoms. The molecule has 0 aliphatic heterocycles. The van der Waals surface area contributed by atoms with Crippen molar-refractivity contribution in [2.24, 2.45) is 0 Å². The Labute approximate surface area is 113 Å². The smallest absolute Gasteiger partial charge is 0.138 e. The second-order valence-electron chi connectivity index (χ2n) is 4.99. The summed E-state index contributed by atoms with van der Waals surface area (Å²) in [6, 6.07) is 5.05. The van der Waals surface area contributed by atoms with Crippen molar-refractivity contribution < 1.29 is 9.50 Å². The highest BCUT2D eigenvalue weighted by Gasteiger charge is 2.11. The molecule has 0 atom stereocenters. The summed E-state index contributed by atoms with van der Waals surface area (Å²) in [7, 11) is 0. The minimum absolute atomic E-state index is 0.00812. The molecule has 0 heterocycles. The van der Waals surface area contributed by atoms with Gasteiger partial charge in [0, 0.05) is 16.9 Å². The van der Waals surface area contributed by atoms with Crippen LogP contribution in [0.25, 0.3) is 0 Å². The molecule has 0 aliphatic rings. The van der Waals surface area contributed by atoms with Crippen molar-refractivity contribution in [3.63, 3.8) is 0 Å². The summed E-state index contributed by atoms with van der Waals surface area (Å²) < 4.78 is 13.7. The number of hydrogen-bond acceptors (Lipinski definition) is 2. The molecular weight excluding hydrogens is 247 g/mol. The molecule has 1 aromatic rings. The van der Waals surface area contributed by atoms with Gasteiger partial charge < -0.3 is 5.11 Å². The maximum atomic E-state index is 13.5. The molecule has 1 aromatic carbocycles. The van der Waals surface area contributed by atoms with E-state index in [1.165, 1.54) is 6.07 Å². The van der Waals surface area contributed by atoms with Crippen molar-refractivity contribution in [3.05, 3.63) is 35.1 Å². The van der Waals surface area contributed by atoms with Crippen LogP contribution in [0.5, 0.6) is 0 Å². The Morgan fingerprint density at radius 1 is 1.33 bits per heavy atom. The molecule has 0 amide bonds. The summed E-state index contributed by atoms with van der Waals surface area (Å²) in [5, 5.41) is 8.64. The normalized spacial score (nSPS) is 10.9. The number of benzene rings is 1. The van der Waals surface area contributed by atoms with E-state index in [0.717, 1.165) is 11.3 Å². The van der Waals surface area contributed by atoms with Crippen LogP contribution in [0.3, 0.4) is 0 Å². The van der Waals surface area contributed by atoms with Gasteiger partial charge in [0.05, 0.1) is 12.2 Å². The zero-order chi connectivity index (χ0) is 13.6. The average Bonchev–Trinajstić information content (AvgIpc) is 2.29. The summed E-state index contributed by atoms with van der Waals surface area (Å²) in [5.41, 5.74) is 1.49. The number of aliphatic hydroxyl groups excluding tert-OH is 1. The lowest BCUT2D eigenvalue weighted by molar-refractivity contribution is 0.305. The molecule has 98 valence electrons. The molecule has 0 spiro atoms. The molecular formula is C15H19FOS. The van der Waals surface area contributed by atoms with E-state index >= 15 is 0 Å². The third-order valence-corrected chi connectivity index (χ3v) is 3.51. The van der Waals surface area contributed by atoms with E-state index < -0.39 is 0 Å². The third-order valence-electron chi connectivity index (χ3n) is 2.16. The molecule has 1 rings (SSSR count). The Kier molecular flexibility index (Phi) is 5.71. The van der Waals surface area contributed by atoms with Crippen LogP contribution in [-0.4, -0.2) is 16.5 Å². The molecule has 0 bridgehead atoms. The van der Waals surface area contributed by atoms with Crippen LogP contribution in [0.4, 0.5) is 4.39 Å². The van der Waals surface area contributed by atoms with Gasteiger partial charge >= 0.3 is 0 Å². The Morgan fingerprint density at radius 3 is 2.67 bits per heavy atom. The lowest BCUT2D eigenvalue weighted by Crippen LogP contribution is -2.07. The predicted octanol–water partition coefficient (Wildman–Crippen LogP) is 3.59. The van der Waals surface area contributed by atoms with E-state index in [9.17, 15) is 4.39 Å². The van der Waals surface area contributed by atoms with Gasteiger partial charge in [0.1, 0.15) is 5.82 Å². The van der Waals surface area contributed by atoms with E-state index in [1.807, 2.05) is 11.8 Å². The Balaban J connectivity index is 2.78. The Bertz CT molecular complexity index is 452. The van der Waals surface area contributed by atoms with Crippen molar-refractivity contribution in [2.45, 2.75) is 37.7 Å². The van der Waals surface area contributed by atoms with Gasteiger partial charge in [-0.25, -0.2) is 4.39 Å². The van der Waals surface area contributed by atoms with Crippen LogP contribution in [0, 0.1) is 17.7 Å². The zero-order valence-corrected chi connectivity index (χ0v) is 11.9. The lowest BCUT2D eigenvalue weighted by atomic mass is 10.1. The van der Waals surface area contributed by atoms with E-state index in [1.54, 1.807) is 12.1 Å². The van der Waals surface area contributed by atoms with Crippen molar-refractivity contribution in [2.75, 3.05) is 6.61 Å². The minimum atomic E-state index is -0.301. The van der Waals surface area contributed by atoms with Crippen LogP contribution in [0.15, 0.2) is 18.2 Å². The summed E-state index contributed by atoms with van der Waals surface area (Å²) in [5.74, 6) is 6.05. The van der Waals surface area contributed by atoms with E-state index in [2.05, 4.69) is 32.6 Å². The molecule has 0 aromatic heterocycles. The quantitative estimate of drug-likeness (QED) is 0.844. The predicted molar refractivity (Wildman–Crippen MR) is 76.0 cm³/mol.